The summed E-state index contributed by atoms with van der Waals surface area (Å²) in [7, 11) is -39.3. The lowest BCUT2D eigenvalue weighted by Gasteiger charge is -2.41. The van der Waals surface area contributed by atoms with E-state index in [2.05, 4.69) is 59.4 Å². The highest BCUT2D eigenvalue weighted by Crippen LogP contribution is 2.74. The van der Waals surface area contributed by atoms with E-state index in [9.17, 15) is 56.8 Å². The van der Waals surface area contributed by atoms with Gasteiger partial charge in [0, 0.05) is 0 Å². The number of phosphoric acid groups is 6. The lowest BCUT2D eigenvalue weighted by atomic mass is 10.6. The Balaban J connectivity index is -0.000000335. The molecule has 1 fully saturated rings. The van der Waals surface area contributed by atoms with E-state index in [-0.39, 0.29) is 11.0 Å². The second kappa shape index (κ2) is 21.3. The quantitative estimate of drug-likeness (QED) is 0.1000. The predicted octanol–water partition coefficient (Wildman–Crippen LogP) is -12.7. The molecular formula is C8H36N6O20P6. The van der Waals surface area contributed by atoms with E-state index < -0.39 is 46.9 Å². The standard InChI is InChI=1S/2C4H13N3.H6O18P6.2H2O/c2*5-1-3-7-4-2-6;1-19(2)13-20(3,4)15-22(7,8)17-24(11,12)18-23(9,10)16-21(5,6)14-19;;/h2*7H,1-6H2;(H,1,2)(H,3,4)(H,5,6)(H,7,8)(H,9,10)(H,11,12);2*1H2. The van der Waals surface area contributed by atoms with Crippen molar-refractivity contribution in [3.8, 4) is 0 Å². The molecule has 1 heterocycles. The SMILES string of the molecule is O.O.O=P1([O-])OP(=O)([O-])OP(=O)([O-])OP(=O)([O-])OP(=O)([O-])OP(=O)([O-])O1.[NH3+]CC[NH2+]CC[NH3+].[NH3+]CC[NH2+]CC[NH3+]. The smallest absolute Gasteiger partial charge is 0.280 e. The summed E-state index contributed by atoms with van der Waals surface area (Å²) in [6, 6.07) is 0. The van der Waals surface area contributed by atoms with E-state index in [4.69, 9.17) is 0 Å². The topological polar surface area (TPSA) is 503 Å². The normalized spacial score (nSPS) is 36.5. The minimum Gasteiger partial charge on any atom is -0.756 e. The summed E-state index contributed by atoms with van der Waals surface area (Å²) in [4.78, 5) is 65.8. The van der Waals surface area contributed by atoms with Crippen molar-refractivity contribution in [2.45, 2.75) is 0 Å². The molecule has 26 nitrogen and oxygen atoms in total. The highest BCUT2D eigenvalue weighted by Gasteiger charge is 2.36. The fourth-order valence-electron chi connectivity index (χ4n) is 1.69. The second-order valence-corrected chi connectivity index (χ2v) is 15.6. The van der Waals surface area contributed by atoms with E-state index >= 15 is 0 Å². The molecule has 0 aliphatic carbocycles. The van der Waals surface area contributed by atoms with Crippen molar-refractivity contribution in [3.05, 3.63) is 0 Å². The Labute approximate surface area is 226 Å². The third-order valence-electron chi connectivity index (χ3n) is 2.83. The molecule has 1 saturated heterocycles. The molecular weight excluding hydrogens is 686 g/mol. The van der Waals surface area contributed by atoms with Crippen molar-refractivity contribution >= 4 is 46.9 Å². The van der Waals surface area contributed by atoms with E-state index in [1.807, 2.05) is 0 Å². The molecule has 0 amide bonds. The Hall–Kier alpha value is 0.580. The number of quaternary nitrogens is 6. The van der Waals surface area contributed by atoms with Gasteiger partial charge in [-0.15, -0.1) is 0 Å². The Morgan fingerprint density at radius 1 is 0.400 bits per heavy atom. The largest absolute Gasteiger partial charge is 0.756 e. The lowest BCUT2D eigenvalue weighted by Crippen LogP contribution is -2.90. The van der Waals surface area contributed by atoms with Gasteiger partial charge in [-0.1, -0.05) is 0 Å². The van der Waals surface area contributed by atoms with Crippen LogP contribution in [0.5, 0.6) is 0 Å². The first kappa shape index (κ1) is 47.5. The van der Waals surface area contributed by atoms with Crippen molar-refractivity contribution in [2.24, 2.45) is 0 Å². The molecule has 32 heteroatoms. The van der Waals surface area contributed by atoms with E-state index in [1.54, 1.807) is 0 Å². The van der Waals surface area contributed by atoms with E-state index in [1.165, 1.54) is 0 Å². The first-order valence-electron chi connectivity index (χ1n) is 10.0. The van der Waals surface area contributed by atoms with Crippen molar-refractivity contribution in [1.82, 2.24) is 0 Å². The molecule has 0 bridgehead atoms. The van der Waals surface area contributed by atoms with Crippen LogP contribution in [0.1, 0.15) is 0 Å². The summed E-state index contributed by atoms with van der Waals surface area (Å²) in [6.45, 7) is 8.70. The molecule has 20 N–H and O–H groups in total. The molecule has 0 saturated carbocycles. The van der Waals surface area contributed by atoms with E-state index in [0.717, 1.165) is 52.4 Å². The van der Waals surface area contributed by atoms with Crippen LogP contribution in [0, 0.1) is 0 Å². The molecule has 248 valence electrons. The molecule has 1 aliphatic heterocycles. The van der Waals surface area contributed by atoms with Gasteiger partial charge in [-0.2, -0.15) is 0 Å². The van der Waals surface area contributed by atoms with Crippen molar-refractivity contribution in [1.29, 1.82) is 0 Å². The fourth-order valence-corrected chi connectivity index (χ4v) is 9.89. The average Bonchev–Trinajstić information content (AvgIpc) is 2.63. The van der Waals surface area contributed by atoms with Crippen LogP contribution in [0.25, 0.3) is 0 Å². The second-order valence-electron chi connectivity index (χ2n) is 6.32. The molecule has 1 rings (SSSR count). The van der Waals surface area contributed by atoms with E-state index in [0.29, 0.717) is 0 Å². The highest BCUT2D eigenvalue weighted by molar-refractivity contribution is 7.73. The van der Waals surface area contributed by atoms with Gasteiger partial charge in [-0.05, 0) is 0 Å². The average molecular weight is 722 g/mol. The zero-order valence-corrected chi connectivity index (χ0v) is 26.0. The van der Waals surface area contributed by atoms with Gasteiger partial charge in [-0.3, -0.25) is 27.4 Å². The predicted molar refractivity (Wildman–Crippen MR) is 114 cm³/mol. The Morgan fingerprint density at radius 3 is 0.625 bits per heavy atom. The van der Waals surface area contributed by atoms with Gasteiger partial charge in [0.1, 0.15) is 52.4 Å². The number of hydrogen-bond acceptors (Lipinski definition) is 18. The summed E-state index contributed by atoms with van der Waals surface area (Å²) in [6.07, 6.45) is 0. The molecule has 0 aromatic carbocycles. The fraction of sp³-hybridized carbons (Fsp3) is 1.00. The minimum absolute atomic E-state index is 0. The lowest BCUT2D eigenvalue weighted by molar-refractivity contribution is -0.683. The minimum atomic E-state index is -6.56. The van der Waals surface area contributed by atoms with Crippen LogP contribution in [-0.4, -0.2) is 63.3 Å². The molecule has 0 atom stereocenters. The molecule has 40 heavy (non-hydrogen) atoms. The third kappa shape index (κ3) is 27.4. The van der Waals surface area contributed by atoms with Crippen molar-refractivity contribution in [2.75, 3.05) is 52.4 Å². The van der Waals surface area contributed by atoms with Gasteiger partial charge >= 0.3 is 0 Å². The first-order valence-corrected chi connectivity index (χ1v) is 18.8. The molecule has 0 aromatic rings. The van der Waals surface area contributed by atoms with Crippen LogP contribution in [0.15, 0.2) is 0 Å². The summed E-state index contributed by atoms with van der Waals surface area (Å²) in [5.74, 6) is 0. The van der Waals surface area contributed by atoms with Crippen molar-refractivity contribution < 1.29 is 127 Å². The van der Waals surface area contributed by atoms with Crippen LogP contribution >= 0.6 is 46.9 Å². The van der Waals surface area contributed by atoms with Gasteiger partial charge in [0.2, 0.25) is 0 Å². The zero-order chi connectivity index (χ0) is 30.3. The van der Waals surface area contributed by atoms with Crippen molar-refractivity contribution in [3.63, 3.8) is 0 Å². The van der Waals surface area contributed by atoms with Crippen LogP contribution in [-0.2, 0) is 53.3 Å². The Kier molecular flexibility index (Phi) is 25.3. The zero-order valence-electron chi connectivity index (χ0n) is 20.7. The number of nitrogens with two attached hydrogens (primary N) is 2. The summed E-state index contributed by atoms with van der Waals surface area (Å²) >= 11 is 0. The molecule has 0 radical (unpaired) electrons. The number of hydrogen-bond donors (Lipinski definition) is 6. The summed E-state index contributed by atoms with van der Waals surface area (Å²) in [5.41, 5.74) is 14.8. The summed E-state index contributed by atoms with van der Waals surface area (Å²) < 4.78 is 83.4. The maximum absolute atomic E-state index is 11.0. The third-order valence-corrected chi connectivity index (χ3v) is 12.4. The Morgan fingerprint density at radius 2 is 0.525 bits per heavy atom. The van der Waals surface area contributed by atoms with Crippen LogP contribution in [0.2, 0.25) is 0 Å². The van der Waals surface area contributed by atoms with Gasteiger partial charge in [0.15, 0.2) is 0 Å². The summed E-state index contributed by atoms with van der Waals surface area (Å²) in [5, 5.41) is 4.47. The first-order chi connectivity index (χ1) is 17.1. The van der Waals surface area contributed by atoms with Crippen LogP contribution in [0.4, 0.5) is 0 Å². The van der Waals surface area contributed by atoms with Crippen LogP contribution < -0.4 is 62.9 Å². The van der Waals surface area contributed by atoms with Gasteiger partial charge in [0.25, 0.3) is 46.9 Å². The Bertz CT molecular complexity index is 760. The monoisotopic (exact) mass is 722 g/mol. The van der Waals surface area contributed by atoms with Gasteiger partial charge < -0.3 is 73.9 Å². The molecule has 1 aliphatic rings. The van der Waals surface area contributed by atoms with Gasteiger partial charge in [-0.25, -0.2) is 25.9 Å². The van der Waals surface area contributed by atoms with Gasteiger partial charge in [0.05, 0.1) is 0 Å². The highest BCUT2D eigenvalue weighted by atomic mass is 31.3. The maximum Gasteiger partial charge on any atom is 0.280 e. The maximum atomic E-state index is 11.0. The van der Waals surface area contributed by atoms with Crippen LogP contribution in [0.3, 0.4) is 0 Å². The molecule has 0 aromatic heterocycles. The molecule has 0 spiro atoms. The number of rotatable bonds is 8. The molecule has 0 unspecified atom stereocenters.